The van der Waals surface area contributed by atoms with Crippen LogP contribution < -0.4 is 0 Å². The molecule has 1 saturated heterocycles. The second-order valence-electron chi connectivity index (χ2n) is 6.53. The molecule has 5 heteroatoms. The molecule has 1 spiro atoms. The number of pyridine rings is 1. The number of hydrogen-bond donors (Lipinski definition) is 0. The molecule has 0 saturated carbocycles. The summed E-state index contributed by atoms with van der Waals surface area (Å²) >= 11 is 0. The highest BCUT2D eigenvalue weighted by Crippen LogP contribution is 2.33. The lowest BCUT2D eigenvalue weighted by Gasteiger charge is -2.35. The third kappa shape index (κ3) is 2.97. The molecule has 25 heavy (non-hydrogen) atoms. The molecule has 4 rings (SSSR count). The minimum absolute atomic E-state index is 0.0585. The van der Waals surface area contributed by atoms with Gasteiger partial charge in [0, 0.05) is 49.5 Å². The molecule has 2 aliphatic heterocycles. The van der Waals surface area contributed by atoms with Crippen LogP contribution in [0.4, 0.5) is 0 Å². The first-order chi connectivity index (χ1) is 12.2. The van der Waals surface area contributed by atoms with Crippen molar-refractivity contribution < 1.29 is 4.79 Å². The fourth-order valence-corrected chi connectivity index (χ4v) is 3.52. The average Bonchev–Trinajstić information content (AvgIpc) is 2.99. The van der Waals surface area contributed by atoms with Crippen LogP contribution in [-0.2, 0) is 0 Å². The molecule has 2 aromatic rings. The quantitative estimate of drug-likeness (QED) is 0.849. The van der Waals surface area contributed by atoms with E-state index >= 15 is 0 Å². The van der Waals surface area contributed by atoms with Crippen molar-refractivity contribution in [2.24, 2.45) is 9.98 Å². The number of amides is 1. The third-order valence-electron chi connectivity index (χ3n) is 4.86. The summed E-state index contributed by atoms with van der Waals surface area (Å²) in [5, 5.41) is 0. The van der Waals surface area contributed by atoms with Gasteiger partial charge in [-0.1, -0.05) is 30.3 Å². The highest BCUT2D eigenvalue weighted by atomic mass is 16.2. The summed E-state index contributed by atoms with van der Waals surface area (Å²) in [5.41, 5.74) is 3.36. The molecule has 2 aliphatic rings. The van der Waals surface area contributed by atoms with E-state index in [0.717, 1.165) is 29.8 Å². The zero-order chi connectivity index (χ0) is 17.3. The van der Waals surface area contributed by atoms with Gasteiger partial charge in [-0.3, -0.25) is 19.8 Å². The maximum atomic E-state index is 12.6. The molecule has 5 nitrogen and oxygen atoms in total. The van der Waals surface area contributed by atoms with Crippen LogP contribution in [-0.4, -0.2) is 46.0 Å². The molecule has 0 aliphatic carbocycles. The van der Waals surface area contributed by atoms with Crippen LogP contribution in [0.3, 0.4) is 0 Å². The molecule has 0 bridgehead atoms. The van der Waals surface area contributed by atoms with Crippen molar-refractivity contribution in [1.29, 1.82) is 0 Å². The van der Waals surface area contributed by atoms with Gasteiger partial charge in [0.25, 0.3) is 5.91 Å². The van der Waals surface area contributed by atoms with E-state index in [4.69, 9.17) is 9.98 Å². The Morgan fingerprint density at radius 1 is 1.00 bits per heavy atom. The summed E-state index contributed by atoms with van der Waals surface area (Å²) < 4.78 is 0. The van der Waals surface area contributed by atoms with Gasteiger partial charge in [0.1, 0.15) is 0 Å². The van der Waals surface area contributed by atoms with Crippen molar-refractivity contribution in [3.05, 3.63) is 66.0 Å². The molecule has 1 amide bonds. The minimum Gasteiger partial charge on any atom is -0.338 e. The number of aliphatic imine (C=N–C) groups is 2. The van der Waals surface area contributed by atoms with Gasteiger partial charge in [-0.25, -0.2) is 0 Å². The molecule has 0 atom stereocenters. The van der Waals surface area contributed by atoms with Crippen molar-refractivity contribution in [3.8, 4) is 0 Å². The van der Waals surface area contributed by atoms with E-state index in [0.29, 0.717) is 18.7 Å². The van der Waals surface area contributed by atoms with Crippen LogP contribution >= 0.6 is 0 Å². The van der Waals surface area contributed by atoms with Crippen molar-refractivity contribution in [2.75, 3.05) is 13.1 Å². The van der Waals surface area contributed by atoms with Gasteiger partial charge in [0.15, 0.2) is 5.66 Å². The lowest BCUT2D eigenvalue weighted by atomic mass is 9.98. The van der Waals surface area contributed by atoms with Gasteiger partial charge >= 0.3 is 0 Å². The van der Waals surface area contributed by atoms with Crippen molar-refractivity contribution in [1.82, 2.24) is 9.88 Å². The van der Waals surface area contributed by atoms with Crippen LogP contribution in [0.1, 0.15) is 35.7 Å². The standard InChI is InChI=1S/C20H20N4O/c1-15-18(16-5-3-2-4-6-16)23-20(22-15)9-13-24(14-10-20)19(25)17-7-11-21-12-8-17/h2-8,11-12H,9-10,13-14H2,1H3. The predicted octanol–water partition coefficient (Wildman–Crippen LogP) is 2.98. The van der Waals surface area contributed by atoms with E-state index < -0.39 is 5.66 Å². The molecule has 1 aromatic heterocycles. The molecule has 0 N–H and O–H groups in total. The number of carbonyl (C=O) groups excluding carboxylic acids is 1. The second kappa shape index (κ2) is 6.24. The highest BCUT2D eigenvalue weighted by molar-refractivity contribution is 6.48. The van der Waals surface area contributed by atoms with E-state index in [9.17, 15) is 4.79 Å². The molecule has 1 fully saturated rings. The first kappa shape index (κ1) is 15.7. The van der Waals surface area contributed by atoms with E-state index in [1.54, 1.807) is 24.5 Å². The minimum atomic E-state index is -0.399. The summed E-state index contributed by atoms with van der Waals surface area (Å²) in [7, 11) is 0. The fraction of sp³-hybridized carbons (Fsp3) is 0.300. The summed E-state index contributed by atoms with van der Waals surface area (Å²) in [6.07, 6.45) is 4.83. The molecular formula is C20H20N4O. The number of nitrogens with zero attached hydrogens (tertiary/aromatic N) is 4. The summed E-state index contributed by atoms with van der Waals surface area (Å²) in [6, 6.07) is 13.7. The summed E-state index contributed by atoms with van der Waals surface area (Å²) in [5.74, 6) is 0.0585. The van der Waals surface area contributed by atoms with Crippen LogP contribution in [0.25, 0.3) is 0 Å². The Labute approximate surface area is 147 Å². The van der Waals surface area contributed by atoms with Crippen LogP contribution in [0.5, 0.6) is 0 Å². The summed E-state index contributed by atoms with van der Waals surface area (Å²) in [4.78, 5) is 28.3. The Morgan fingerprint density at radius 2 is 1.68 bits per heavy atom. The molecule has 0 unspecified atom stereocenters. The fourth-order valence-electron chi connectivity index (χ4n) is 3.52. The van der Waals surface area contributed by atoms with Crippen molar-refractivity contribution in [3.63, 3.8) is 0 Å². The van der Waals surface area contributed by atoms with E-state index in [2.05, 4.69) is 17.1 Å². The van der Waals surface area contributed by atoms with Crippen molar-refractivity contribution >= 4 is 17.3 Å². The van der Waals surface area contributed by atoms with E-state index in [1.165, 1.54) is 0 Å². The maximum absolute atomic E-state index is 12.6. The average molecular weight is 332 g/mol. The number of likely N-dealkylation sites (tertiary alicyclic amines) is 1. The van der Waals surface area contributed by atoms with Crippen LogP contribution in [0, 0.1) is 0 Å². The van der Waals surface area contributed by atoms with Gasteiger partial charge in [0.2, 0.25) is 0 Å². The van der Waals surface area contributed by atoms with Crippen LogP contribution in [0.2, 0.25) is 0 Å². The Balaban J connectivity index is 1.50. The van der Waals surface area contributed by atoms with Gasteiger partial charge in [-0.15, -0.1) is 0 Å². The van der Waals surface area contributed by atoms with Gasteiger partial charge in [0.05, 0.1) is 11.4 Å². The maximum Gasteiger partial charge on any atom is 0.253 e. The van der Waals surface area contributed by atoms with Gasteiger partial charge in [-0.05, 0) is 19.1 Å². The molecular weight excluding hydrogens is 312 g/mol. The number of carbonyl (C=O) groups is 1. The number of rotatable bonds is 2. The Bertz CT molecular complexity index is 835. The Morgan fingerprint density at radius 3 is 2.36 bits per heavy atom. The Kier molecular flexibility index (Phi) is 3.92. The van der Waals surface area contributed by atoms with E-state index in [-0.39, 0.29) is 5.91 Å². The SMILES string of the molecule is CC1=NC2(CCN(C(=O)c3ccncc3)CC2)N=C1c1ccccc1. The lowest BCUT2D eigenvalue weighted by Crippen LogP contribution is -2.44. The topological polar surface area (TPSA) is 57.9 Å². The lowest BCUT2D eigenvalue weighted by molar-refractivity contribution is 0.0679. The first-order valence-electron chi connectivity index (χ1n) is 8.58. The smallest absolute Gasteiger partial charge is 0.253 e. The molecule has 0 radical (unpaired) electrons. The van der Waals surface area contributed by atoms with Gasteiger partial charge < -0.3 is 4.90 Å². The zero-order valence-corrected chi connectivity index (χ0v) is 14.2. The second-order valence-corrected chi connectivity index (χ2v) is 6.53. The number of hydrogen-bond acceptors (Lipinski definition) is 4. The van der Waals surface area contributed by atoms with Crippen molar-refractivity contribution in [2.45, 2.75) is 25.4 Å². The summed E-state index contributed by atoms with van der Waals surface area (Å²) in [6.45, 7) is 3.36. The normalized spacial score (nSPS) is 18.8. The number of benzene rings is 1. The van der Waals surface area contributed by atoms with Crippen LogP contribution in [0.15, 0.2) is 64.8 Å². The third-order valence-corrected chi connectivity index (χ3v) is 4.86. The van der Waals surface area contributed by atoms with Gasteiger partial charge in [-0.2, -0.15) is 0 Å². The number of piperidine rings is 1. The molecule has 126 valence electrons. The predicted molar refractivity (Wildman–Crippen MR) is 98.2 cm³/mol. The monoisotopic (exact) mass is 332 g/mol. The molecule has 1 aromatic carbocycles. The number of aromatic nitrogens is 1. The largest absolute Gasteiger partial charge is 0.338 e. The van der Waals surface area contributed by atoms with E-state index in [1.807, 2.05) is 30.0 Å². The highest BCUT2D eigenvalue weighted by Gasteiger charge is 2.39. The zero-order valence-electron chi connectivity index (χ0n) is 14.2. The molecule has 3 heterocycles. The first-order valence-corrected chi connectivity index (χ1v) is 8.58. The Hall–Kier alpha value is -2.82.